The van der Waals surface area contributed by atoms with Crippen LogP contribution < -0.4 is 10.5 Å². The fraction of sp³-hybridized carbons (Fsp3) is 0.200. The molecule has 0 saturated carbocycles. The number of hydrogen-bond donors (Lipinski definition) is 2. The van der Waals surface area contributed by atoms with Crippen LogP contribution in [-0.4, -0.2) is 38.1 Å². The van der Waals surface area contributed by atoms with Gasteiger partial charge in [-0.3, -0.25) is 9.59 Å². The molecule has 1 amide bonds. The fourth-order valence-corrected chi connectivity index (χ4v) is 4.49. The van der Waals surface area contributed by atoms with E-state index < -0.39 is 0 Å². The molecule has 0 radical (unpaired) electrons. The van der Waals surface area contributed by atoms with E-state index in [1.807, 2.05) is 18.2 Å². The monoisotopic (exact) mass is 512 g/mol. The standard InChI is InChI=1S/C25H25ClN4O4S/c1-16(30(15-32)14-18-13-28-17(2)29-24(18)27)22(11-12-31)35-25(33)23-20(26)9-6-10-21(23)34-19-7-4-3-5-8-19/h3-10,13,15,31H,11-12,14H2,1-2H3,(H2,27,28,29)/b22-16-. The van der Waals surface area contributed by atoms with Crippen molar-refractivity contribution in [2.24, 2.45) is 0 Å². The molecule has 0 atom stereocenters. The topological polar surface area (TPSA) is 119 Å². The Kier molecular flexibility index (Phi) is 9.25. The molecule has 0 spiro atoms. The first-order valence-corrected chi connectivity index (χ1v) is 11.9. The lowest BCUT2D eigenvalue weighted by atomic mass is 10.2. The van der Waals surface area contributed by atoms with E-state index in [-0.39, 0.29) is 41.1 Å². The number of hydrogen-bond acceptors (Lipinski definition) is 8. The van der Waals surface area contributed by atoms with Crippen LogP contribution in [0.4, 0.5) is 5.82 Å². The molecule has 3 aromatic rings. The molecule has 1 aromatic heterocycles. The lowest BCUT2D eigenvalue weighted by Gasteiger charge is -2.22. The first-order valence-electron chi connectivity index (χ1n) is 10.7. The average molecular weight is 513 g/mol. The van der Waals surface area contributed by atoms with Crippen LogP contribution in [0.1, 0.15) is 35.1 Å². The third kappa shape index (κ3) is 6.82. The van der Waals surface area contributed by atoms with Gasteiger partial charge in [-0.25, -0.2) is 9.97 Å². The van der Waals surface area contributed by atoms with Gasteiger partial charge in [-0.1, -0.05) is 35.9 Å². The van der Waals surface area contributed by atoms with Crippen molar-refractivity contribution in [3.05, 3.63) is 87.3 Å². The van der Waals surface area contributed by atoms with Crippen molar-refractivity contribution >= 4 is 40.7 Å². The number of aliphatic hydroxyl groups excluding tert-OH is 1. The number of aryl methyl sites for hydroxylation is 1. The Balaban J connectivity index is 1.90. The van der Waals surface area contributed by atoms with Gasteiger partial charge in [0.15, 0.2) is 0 Å². The molecule has 0 fully saturated rings. The minimum Gasteiger partial charge on any atom is -0.457 e. The number of thioether (sulfide) groups is 1. The molecule has 0 aliphatic rings. The predicted octanol–water partition coefficient (Wildman–Crippen LogP) is 4.96. The number of allylic oxidation sites excluding steroid dienone is 1. The number of aliphatic hydroxyl groups is 1. The number of ether oxygens (including phenoxy) is 1. The van der Waals surface area contributed by atoms with E-state index in [0.717, 1.165) is 11.8 Å². The zero-order chi connectivity index (χ0) is 25.4. The number of nitrogens with two attached hydrogens (primary N) is 1. The van der Waals surface area contributed by atoms with Crippen molar-refractivity contribution in [1.82, 2.24) is 14.9 Å². The number of carbonyl (C=O) groups excluding carboxylic acids is 2. The second kappa shape index (κ2) is 12.3. The number of aromatic nitrogens is 2. The molecule has 10 heteroatoms. The zero-order valence-corrected chi connectivity index (χ0v) is 20.8. The van der Waals surface area contributed by atoms with E-state index >= 15 is 0 Å². The van der Waals surface area contributed by atoms with E-state index in [1.54, 1.807) is 50.4 Å². The molecule has 1 heterocycles. The van der Waals surface area contributed by atoms with Crippen molar-refractivity contribution in [2.75, 3.05) is 12.3 Å². The van der Waals surface area contributed by atoms with Crippen LogP contribution in [0.3, 0.4) is 0 Å². The van der Waals surface area contributed by atoms with Crippen LogP contribution >= 0.6 is 23.4 Å². The van der Waals surface area contributed by atoms with Gasteiger partial charge in [-0.15, -0.1) is 0 Å². The van der Waals surface area contributed by atoms with Gasteiger partial charge in [-0.2, -0.15) is 0 Å². The minimum absolute atomic E-state index is 0.111. The number of para-hydroxylation sites is 1. The first-order chi connectivity index (χ1) is 16.8. The van der Waals surface area contributed by atoms with Gasteiger partial charge in [0, 0.05) is 35.4 Å². The summed E-state index contributed by atoms with van der Waals surface area (Å²) in [7, 11) is 0. The van der Waals surface area contributed by atoms with E-state index in [9.17, 15) is 14.7 Å². The Morgan fingerprint density at radius 2 is 1.97 bits per heavy atom. The largest absolute Gasteiger partial charge is 0.457 e. The normalized spacial score (nSPS) is 11.5. The number of anilines is 1. The maximum absolute atomic E-state index is 13.4. The van der Waals surface area contributed by atoms with Crippen LogP contribution in [0, 0.1) is 6.92 Å². The Labute approximate surface area is 212 Å². The van der Waals surface area contributed by atoms with Gasteiger partial charge in [0.05, 0.1) is 17.1 Å². The number of rotatable bonds is 10. The van der Waals surface area contributed by atoms with Gasteiger partial charge in [0.1, 0.15) is 23.1 Å². The molecule has 2 aromatic carbocycles. The maximum atomic E-state index is 13.4. The summed E-state index contributed by atoms with van der Waals surface area (Å²) in [5.41, 5.74) is 7.22. The molecule has 3 N–H and O–H groups in total. The van der Waals surface area contributed by atoms with Crippen molar-refractivity contribution in [2.45, 2.75) is 26.8 Å². The minimum atomic E-state index is -0.381. The summed E-state index contributed by atoms with van der Waals surface area (Å²) in [6.45, 7) is 3.30. The molecular weight excluding hydrogens is 488 g/mol. The Morgan fingerprint density at radius 3 is 2.63 bits per heavy atom. The van der Waals surface area contributed by atoms with Gasteiger partial charge >= 0.3 is 0 Å². The summed E-state index contributed by atoms with van der Waals surface area (Å²) in [5, 5.41) is 9.48. The number of amides is 1. The molecule has 182 valence electrons. The summed E-state index contributed by atoms with van der Waals surface area (Å²) < 4.78 is 5.91. The summed E-state index contributed by atoms with van der Waals surface area (Å²) in [4.78, 5) is 35.4. The van der Waals surface area contributed by atoms with E-state index in [2.05, 4.69) is 9.97 Å². The second-order valence-corrected chi connectivity index (χ2v) is 8.94. The van der Waals surface area contributed by atoms with Gasteiger partial charge in [0.25, 0.3) is 0 Å². The van der Waals surface area contributed by atoms with Crippen LogP contribution in [-0.2, 0) is 11.3 Å². The highest BCUT2D eigenvalue weighted by atomic mass is 35.5. The van der Waals surface area contributed by atoms with Gasteiger partial charge < -0.3 is 20.5 Å². The van der Waals surface area contributed by atoms with E-state index in [4.69, 9.17) is 22.1 Å². The Bertz CT molecular complexity index is 1240. The SMILES string of the molecule is C/C(=C(\CCO)SC(=O)c1c(Cl)cccc1Oc1ccccc1)N(C=O)Cc1cnc(C)nc1N. The highest BCUT2D eigenvalue weighted by molar-refractivity contribution is 8.17. The second-order valence-electron chi connectivity index (χ2n) is 7.46. The van der Waals surface area contributed by atoms with Gasteiger partial charge in [0.2, 0.25) is 11.5 Å². The zero-order valence-electron chi connectivity index (χ0n) is 19.3. The molecule has 3 rings (SSSR count). The summed E-state index contributed by atoms with van der Waals surface area (Å²) in [5.74, 6) is 1.65. The van der Waals surface area contributed by atoms with Crippen molar-refractivity contribution in [3.8, 4) is 11.5 Å². The summed E-state index contributed by atoms with van der Waals surface area (Å²) >= 11 is 7.27. The van der Waals surface area contributed by atoms with E-state index in [1.165, 1.54) is 4.90 Å². The van der Waals surface area contributed by atoms with Crippen molar-refractivity contribution in [1.29, 1.82) is 0 Å². The van der Waals surface area contributed by atoms with Gasteiger partial charge in [-0.05, 0) is 49.9 Å². The van der Waals surface area contributed by atoms with Crippen LogP contribution in [0.5, 0.6) is 11.5 Å². The molecular formula is C25H25ClN4O4S. The number of nitrogens with zero attached hydrogens (tertiary/aromatic N) is 3. The fourth-order valence-electron chi connectivity index (χ4n) is 3.19. The Morgan fingerprint density at radius 1 is 1.23 bits per heavy atom. The number of nitrogen functional groups attached to an aromatic ring is 1. The smallest absolute Gasteiger partial charge is 0.229 e. The number of halogens is 1. The van der Waals surface area contributed by atoms with Crippen molar-refractivity contribution in [3.63, 3.8) is 0 Å². The third-order valence-electron chi connectivity index (χ3n) is 5.03. The highest BCUT2D eigenvalue weighted by Crippen LogP contribution is 2.37. The van der Waals surface area contributed by atoms with E-state index in [0.29, 0.717) is 39.9 Å². The Hall–Kier alpha value is -3.40. The third-order valence-corrected chi connectivity index (χ3v) is 6.48. The maximum Gasteiger partial charge on any atom is 0.229 e. The molecule has 0 aliphatic heterocycles. The molecule has 8 nitrogen and oxygen atoms in total. The number of carbonyl (C=O) groups is 2. The molecule has 35 heavy (non-hydrogen) atoms. The molecule has 0 bridgehead atoms. The average Bonchev–Trinajstić information content (AvgIpc) is 2.83. The summed E-state index contributed by atoms with van der Waals surface area (Å²) in [6, 6.07) is 14.0. The van der Waals surface area contributed by atoms with Crippen LogP contribution in [0.15, 0.2) is 65.3 Å². The quantitative estimate of drug-likeness (QED) is 0.366. The van der Waals surface area contributed by atoms with Crippen LogP contribution in [0.2, 0.25) is 5.02 Å². The molecule has 0 aliphatic carbocycles. The van der Waals surface area contributed by atoms with Crippen LogP contribution in [0.25, 0.3) is 0 Å². The lowest BCUT2D eigenvalue weighted by molar-refractivity contribution is -0.116. The predicted molar refractivity (Wildman–Crippen MR) is 137 cm³/mol. The molecule has 0 unspecified atom stereocenters. The lowest BCUT2D eigenvalue weighted by Crippen LogP contribution is -2.22. The van der Waals surface area contributed by atoms with Crippen molar-refractivity contribution < 1.29 is 19.4 Å². The highest BCUT2D eigenvalue weighted by Gasteiger charge is 2.22. The first kappa shape index (κ1) is 26.2. The summed E-state index contributed by atoms with van der Waals surface area (Å²) in [6.07, 6.45) is 2.35. The number of benzene rings is 2. The molecule has 0 saturated heterocycles.